The molecule has 0 aromatic rings. The second kappa shape index (κ2) is 19.0. The molecule has 3 fully saturated rings. The Morgan fingerprint density at radius 3 is 2.30 bits per heavy atom. The van der Waals surface area contributed by atoms with E-state index in [2.05, 4.69) is 10.2 Å². The molecular weight excluding hydrogens is 636 g/mol. The molecule has 50 heavy (non-hydrogen) atoms. The van der Waals surface area contributed by atoms with Crippen molar-refractivity contribution in [2.45, 2.75) is 122 Å². The van der Waals surface area contributed by atoms with Crippen molar-refractivity contribution in [1.29, 1.82) is 0 Å². The van der Waals surface area contributed by atoms with Crippen molar-refractivity contribution in [2.24, 2.45) is 17.8 Å². The molecule has 6 atom stereocenters. The van der Waals surface area contributed by atoms with Crippen molar-refractivity contribution < 1.29 is 34.1 Å². The number of ether oxygens (including phenoxy) is 1. The summed E-state index contributed by atoms with van der Waals surface area (Å²) in [6.45, 7) is 12.0. The first-order valence-electron chi connectivity index (χ1n) is 19.1. The summed E-state index contributed by atoms with van der Waals surface area (Å²) in [5.41, 5.74) is -0.839. The fourth-order valence-electron chi connectivity index (χ4n) is 7.74. The van der Waals surface area contributed by atoms with Gasteiger partial charge in [-0.1, -0.05) is 69.4 Å². The SMILES string of the molecule is C/C(=C\C=C\[C@@H](C)CNC(=O)N1CCCC1)[C@H]1C(=O)C(=O)C[C@@H](O)CC[C@](C)(O)[C@@H](OC(=O)N2CCN(C3CCCCCC3)CC2)/C=C/[C@@H]1C. The van der Waals surface area contributed by atoms with E-state index in [0.29, 0.717) is 31.2 Å². The minimum Gasteiger partial charge on any atom is -0.439 e. The fourth-order valence-corrected chi connectivity index (χ4v) is 7.74. The summed E-state index contributed by atoms with van der Waals surface area (Å²) >= 11 is 0. The lowest BCUT2D eigenvalue weighted by molar-refractivity contribution is -0.140. The van der Waals surface area contributed by atoms with Gasteiger partial charge in [-0.3, -0.25) is 14.5 Å². The third-order valence-electron chi connectivity index (χ3n) is 11.1. The zero-order valence-corrected chi connectivity index (χ0v) is 30.9. The molecule has 0 spiro atoms. The molecule has 2 heterocycles. The molecule has 4 rings (SSSR count). The topological polar surface area (TPSA) is 140 Å². The molecule has 4 aliphatic rings. The van der Waals surface area contributed by atoms with Gasteiger partial charge in [-0.15, -0.1) is 0 Å². The highest BCUT2D eigenvalue weighted by molar-refractivity contribution is 6.38. The number of likely N-dealkylation sites (tertiary alicyclic amines) is 1. The van der Waals surface area contributed by atoms with Crippen molar-refractivity contribution in [3.63, 3.8) is 0 Å². The van der Waals surface area contributed by atoms with E-state index in [1.807, 2.05) is 37.0 Å². The monoisotopic (exact) mass is 698 g/mol. The number of nitrogens with one attached hydrogen (secondary N) is 1. The number of hydrogen-bond acceptors (Lipinski definition) is 8. The number of urea groups is 1. The molecule has 0 bridgehead atoms. The van der Waals surface area contributed by atoms with Crippen LogP contribution in [0.15, 0.2) is 36.0 Å². The third-order valence-corrected chi connectivity index (χ3v) is 11.1. The van der Waals surface area contributed by atoms with Crippen molar-refractivity contribution in [1.82, 2.24) is 20.0 Å². The first kappa shape index (κ1) is 39.8. The van der Waals surface area contributed by atoms with Crippen LogP contribution in [0.5, 0.6) is 0 Å². The smallest absolute Gasteiger partial charge is 0.410 e. The maximum Gasteiger partial charge on any atom is 0.410 e. The molecule has 3 amide bonds. The number of carbonyl (C=O) groups is 4. The summed E-state index contributed by atoms with van der Waals surface area (Å²) in [5, 5.41) is 25.2. The van der Waals surface area contributed by atoms with Gasteiger partial charge in [-0.2, -0.15) is 0 Å². The first-order valence-corrected chi connectivity index (χ1v) is 19.1. The molecule has 3 N–H and O–H groups in total. The molecule has 0 radical (unpaired) electrons. The van der Waals surface area contributed by atoms with Crippen LogP contribution in [-0.2, 0) is 14.3 Å². The van der Waals surface area contributed by atoms with Crippen LogP contribution in [-0.4, -0.2) is 118 Å². The fraction of sp³-hybridized carbons (Fsp3) is 0.744. The highest BCUT2D eigenvalue weighted by Crippen LogP contribution is 2.30. The van der Waals surface area contributed by atoms with Gasteiger partial charge in [0.25, 0.3) is 0 Å². The van der Waals surface area contributed by atoms with E-state index in [9.17, 15) is 29.4 Å². The number of Topliss-reactive ketones (excluding diaryl/α,β-unsaturated/α-hetero) is 2. The van der Waals surface area contributed by atoms with Crippen molar-refractivity contribution in [3.8, 4) is 0 Å². The minimum atomic E-state index is -1.51. The van der Waals surface area contributed by atoms with Crippen LogP contribution in [0.3, 0.4) is 0 Å². The number of rotatable bonds is 7. The number of piperazine rings is 1. The zero-order chi connectivity index (χ0) is 36.3. The standard InChI is InChI=1S/C39H62N4O7/c1-28(27-40-37(47)42-20-9-10-21-42)12-11-13-29(2)35-30(3)16-17-34(39(4,49)19-18-32(44)26-33(45)36(35)46)50-38(48)43-24-22-41(23-25-43)31-14-7-5-6-8-15-31/h11-13,16-17,28,30-32,34-35,44,49H,5-10,14-15,18-27H2,1-4H3,(H,40,47)/b12-11+,17-16+,29-13+/t28-,30+,32+,34+,35-,39+/m1/s1. The maximum absolute atomic E-state index is 13.6. The molecule has 280 valence electrons. The Labute approximate surface area is 299 Å². The van der Waals surface area contributed by atoms with Gasteiger partial charge in [0.2, 0.25) is 11.6 Å². The Morgan fingerprint density at radius 1 is 0.980 bits per heavy atom. The lowest BCUT2D eigenvalue weighted by atomic mass is 9.79. The van der Waals surface area contributed by atoms with E-state index >= 15 is 0 Å². The van der Waals surface area contributed by atoms with Gasteiger partial charge in [0, 0.05) is 58.3 Å². The maximum atomic E-state index is 13.6. The number of ketones is 2. The summed E-state index contributed by atoms with van der Waals surface area (Å²) < 4.78 is 5.98. The van der Waals surface area contributed by atoms with Gasteiger partial charge < -0.3 is 30.1 Å². The molecule has 1 saturated carbocycles. The average molecular weight is 699 g/mol. The first-order chi connectivity index (χ1) is 23.9. The Balaban J connectivity index is 1.43. The van der Waals surface area contributed by atoms with E-state index < -0.39 is 47.3 Å². The van der Waals surface area contributed by atoms with Crippen molar-refractivity contribution in [2.75, 3.05) is 45.8 Å². The Kier molecular flexibility index (Phi) is 15.1. The van der Waals surface area contributed by atoms with Crippen LogP contribution in [0.25, 0.3) is 0 Å². The van der Waals surface area contributed by atoms with Gasteiger partial charge in [0.05, 0.1) is 12.0 Å². The molecule has 2 saturated heterocycles. The summed E-state index contributed by atoms with van der Waals surface area (Å²) in [6.07, 6.45) is 15.8. The lowest BCUT2D eigenvalue weighted by Gasteiger charge is -2.40. The second-order valence-corrected chi connectivity index (χ2v) is 15.4. The largest absolute Gasteiger partial charge is 0.439 e. The average Bonchev–Trinajstić information content (AvgIpc) is 3.50. The Morgan fingerprint density at radius 2 is 1.64 bits per heavy atom. The second-order valence-electron chi connectivity index (χ2n) is 15.4. The summed E-state index contributed by atoms with van der Waals surface area (Å²) in [6, 6.07) is 0.523. The van der Waals surface area contributed by atoms with Gasteiger partial charge in [-0.05, 0) is 70.3 Å². The van der Waals surface area contributed by atoms with Gasteiger partial charge in [0.15, 0.2) is 6.10 Å². The molecule has 2 aliphatic carbocycles. The number of allylic oxidation sites excluding steroid dienone is 4. The summed E-state index contributed by atoms with van der Waals surface area (Å²) in [7, 11) is 0. The quantitative estimate of drug-likeness (QED) is 0.146. The van der Waals surface area contributed by atoms with E-state index in [0.717, 1.165) is 39.0 Å². The van der Waals surface area contributed by atoms with Crippen LogP contribution in [0.1, 0.15) is 98.3 Å². The lowest BCUT2D eigenvalue weighted by Crippen LogP contribution is -2.53. The van der Waals surface area contributed by atoms with E-state index in [1.54, 1.807) is 30.9 Å². The number of carbonyl (C=O) groups excluding carboxylic acids is 4. The van der Waals surface area contributed by atoms with Crippen LogP contribution in [0.4, 0.5) is 9.59 Å². The summed E-state index contributed by atoms with van der Waals surface area (Å²) in [4.78, 5) is 58.4. The zero-order valence-electron chi connectivity index (χ0n) is 30.9. The molecular formula is C39H62N4O7. The Hall–Kier alpha value is -3.02. The molecule has 0 unspecified atom stereocenters. The number of amides is 3. The van der Waals surface area contributed by atoms with E-state index in [1.165, 1.54) is 38.5 Å². The minimum absolute atomic E-state index is 0.0455. The highest BCUT2D eigenvalue weighted by Gasteiger charge is 2.38. The number of aliphatic hydroxyl groups is 2. The van der Waals surface area contributed by atoms with Crippen LogP contribution in [0, 0.1) is 17.8 Å². The van der Waals surface area contributed by atoms with Crippen LogP contribution < -0.4 is 5.32 Å². The van der Waals surface area contributed by atoms with Gasteiger partial charge in [0.1, 0.15) is 5.60 Å². The molecule has 0 aromatic carbocycles. The predicted molar refractivity (Wildman–Crippen MR) is 193 cm³/mol. The number of nitrogens with zero attached hydrogens (tertiary/aromatic N) is 3. The van der Waals surface area contributed by atoms with Crippen LogP contribution >= 0.6 is 0 Å². The predicted octanol–water partition coefficient (Wildman–Crippen LogP) is 5.02. The summed E-state index contributed by atoms with van der Waals surface area (Å²) in [5.74, 6) is -2.46. The van der Waals surface area contributed by atoms with E-state index in [-0.39, 0.29) is 31.2 Å². The molecule has 0 aromatic heterocycles. The normalized spacial score (nSPS) is 31.5. The van der Waals surface area contributed by atoms with Crippen molar-refractivity contribution >= 4 is 23.7 Å². The number of hydrogen-bond donors (Lipinski definition) is 3. The van der Waals surface area contributed by atoms with Gasteiger partial charge in [-0.25, -0.2) is 9.59 Å². The molecule has 11 heteroatoms. The van der Waals surface area contributed by atoms with Crippen LogP contribution in [0.2, 0.25) is 0 Å². The Bertz CT molecular complexity index is 1240. The third kappa shape index (κ3) is 11.5. The highest BCUT2D eigenvalue weighted by atomic mass is 16.6. The molecule has 2 aliphatic heterocycles. The molecule has 11 nitrogen and oxygen atoms in total. The van der Waals surface area contributed by atoms with Gasteiger partial charge >= 0.3 is 12.1 Å². The van der Waals surface area contributed by atoms with E-state index in [4.69, 9.17) is 4.74 Å². The van der Waals surface area contributed by atoms with Crippen molar-refractivity contribution in [3.05, 3.63) is 36.0 Å². The number of aliphatic hydroxyl groups excluding tert-OH is 1.